The van der Waals surface area contributed by atoms with Crippen LogP contribution in [0.15, 0.2) is 18.2 Å². The van der Waals surface area contributed by atoms with Crippen LogP contribution in [0.25, 0.3) is 0 Å². The van der Waals surface area contributed by atoms with Gasteiger partial charge >= 0.3 is 0 Å². The number of carbonyl (C=O) groups is 1. The van der Waals surface area contributed by atoms with Gasteiger partial charge in [-0.15, -0.1) is 0 Å². The predicted molar refractivity (Wildman–Crippen MR) is 80.2 cm³/mol. The van der Waals surface area contributed by atoms with Gasteiger partial charge in [0.1, 0.15) is 0 Å². The average molecular weight is 267 g/mol. The molecular formula is C13H21N3OS. The minimum Gasteiger partial charge on any atom is -0.396 e. The van der Waals surface area contributed by atoms with E-state index in [1.807, 2.05) is 30.9 Å². The van der Waals surface area contributed by atoms with Gasteiger partial charge in [0.15, 0.2) is 0 Å². The highest BCUT2D eigenvalue weighted by molar-refractivity contribution is 7.98. The van der Waals surface area contributed by atoms with Crippen molar-refractivity contribution in [2.45, 2.75) is 19.4 Å². The zero-order chi connectivity index (χ0) is 13.7. The van der Waals surface area contributed by atoms with E-state index in [-0.39, 0.29) is 0 Å². The second-order valence-electron chi connectivity index (χ2n) is 4.34. The van der Waals surface area contributed by atoms with Crippen LogP contribution >= 0.6 is 11.8 Å². The Balaban J connectivity index is 2.95. The summed E-state index contributed by atoms with van der Waals surface area (Å²) in [6, 6.07) is 5.74. The summed E-state index contributed by atoms with van der Waals surface area (Å²) in [5.41, 5.74) is 13.0. The summed E-state index contributed by atoms with van der Waals surface area (Å²) in [6.07, 6.45) is 3.16. The van der Waals surface area contributed by atoms with E-state index in [1.54, 1.807) is 6.07 Å². The van der Waals surface area contributed by atoms with Gasteiger partial charge in [0.05, 0.1) is 16.9 Å². The van der Waals surface area contributed by atoms with Gasteiger partial charge in [-0.3, -0.25) is 4.79 Å². The van der Waals surface area contributed by atoms with Gasteiger partial charge in [-0.2, -0.15) is 11.8 Å². The Bertz CT molecular complexity index is 423. The topological polar surface area (TPSA) is 72.3 Å². The van der Waals surface area contributed by atoms with E-state index in [0.29, 0.717) is 17.3 Å². The number of anilines is 2. The maximum atomic E-state index is 11.3. The van der Waals surface area contributed by atoms with E-state index < -0.39 is 5.91 Å². The maximum Gasteiger partial charge on any atom is 0.250 e. The molecule has 0 saturated heterocycles. The molecule has 0 spiro atoms. The van der Waals surface area contributed by atoms with E-state index in [2.05, 4.69) is 18.1 Å². The Morgan fingerprint density at radius 3 is 2.72 bits per heavy atom. The highest BCUT2D eigenvalue weighted by atomic mass is 32.2. The predicted octanol–water partition coefficient (Wildman–Crippen LogP) is 1.95. The third-order valence-corrected chi connectivity index (χ3v) is 3.77. The first-order valence-corrected chi connectivity index (χ1v) is 7.28. The van der Waals surface area contributed by atoms with Crippen LogP contribution in [-0.4, -0.2) is 31.0 Å². The molecule has 18 heavy (non-hydrogen) atoms. The summed E-state index contributed by atoms with van der Waals surface area (Å²) < 4.78 is 0. The zero-order valence-electron chi connectivity index (χ0n) is 11.1. The Morgan fingerprint density at radius 2 is 2.17 bits per heavy atom. The van der Waals surface area contributed by atoms with Crippen molar-refractivity contribution in [1.29, 1.82) is 0 Å². The highest BCUT2D eigenvalue weighted by Gasteiger charge is 2.15. The summed E-state index contributed by atoms with van der Waals surface area (Å²) >= 11 is 1.82. The lowest BCUT2D eigenvalue weighted by molar-refractivity contribution is 0.100. The monoisotopic (exact) mass is 267 g/mol. The zero-order valence-corrected chi connectivity index (χ0v) is 12.0. The van der Waals surface area contributed by atoms with Crippen LogP contribution in [0.3, 0.4) is 0 Å². The molecule has 0 bridgehead atoms. The van der Waals surface area contributed by atoms with Crippen molar-refractivity contribution in [3.8, 4) is 0 Å². The van der Waals surface area contributed by atoms with Crippen molar-refractivity contribution < 1.29 is 4.79 Å². The SMILES string of the molecule is CSCCC(C)N(C)c1cccc(C(N)=O)c1N. The highest BCUT2D eigenvalue weighted by Crippen LogP contribution is 2.27. The van der Waals surface area contributed by atoms with Crippen molar-refractivity contribution in [2.75, 3.05) is 29.7 Å². The maximum absolute atomic E-state index is 11.3. The fraction of sp³-hybridized carbons (Fsp3) is 0.462. The number of nitrogens with zero attached hydrogens (tertiary/aromatic N) is 1. The van der Waals surface area contributed by atoms with Gasteiger partial charge in [0.2, 0.25) is 0 Å². The second-order valence-corrected chi connectivity index (χ2v) is 5.33. The van der Waals surface area contributed by atoms with Gasteiger partial charge < -0.3 is 16.4 Å². The fourth-order valence-corrected chi connectivity index (χ4v) is 2.37. The lowest BCUT2D eigenvalue weighted by Gasteiger charge is -2.28. The smallest absolute Gasteiger partial charge is 0.250 e. The van der Waals surface area contributed by atoms with Gasteiger partial charge in [-0.25, -0.2) is 0 Å². The molecule has 0 radical (unpaired) electrons. The van der Waals surface area contributed by atoms with E-state index in [0.717, 1.165) is 17.9 Å². The van der Waals surface area contributed by atoms with Crippen LogP contribution in [0.5, 0.6) is 0 Å². The van der Waals surface area contributed by atoms with Gasteiger partial charge in [-0.05, 0) is 37.5 Å². The molecule has 0 aliphatic carbocycles. The number of rotatable bonds is 6. The summed E-state index contributed by atoms with van der Waals surface area (Å²) in [5.74, 6) is 0.612. The summed E-state index contributed by atoms with van der Waals surface area (Å²) in [4.78, 5) is 13.4. The largest absolute Gasteiger partial charge is 0.396 e. The number of nitrogen functional groups attached to an aromatic ring is 1. The first kappa shape index (κ1) is 14.7. The lowest BCUT2D eigenvalue weighted by atomic mass is 10.1. The molecule has 0 fully saturated rings. The molecule has 100 valence electrons. The number of nitrogens with two attached hydrogens (primary N) is 2. The molecule has 1 amide bonds. The molecule has 0 aliphatic heterocycles. The van der Waals surface area contributed by atoms with Crippen LogP contribution in [-0.2, 0) is 0 Å². The van der Waals surface area contributed by atoms with Crippen LogP contribution in [0.4, 0.5) is 11.4 Å². The molecule has 4 N–H and O–H groups in total. The Morgan fingerprint density at radius 1 is 1.50 bits per heavy atom. The molecule has 1 aromatic rings. The number of hydrogen-bond acceptors (Lipinski definition) is 4. The first-order valence-electron chi connectivity index (χ1n) is 5.89. The minimum absolute atomic E-state index is 0.364. The van der Waals surface area contributed by atoms with Gasteiger partial charge in [-0.1, -0.05) is 6.07 Å². The van der Waals surface area contributed by atoms with Crippen LogP contribution in [0.1, 0.15) is 23.7 Å². The van der Waals surface area contributed by atoms with Crippen LogP contribution < -0.4 is 16.4 Å². The van der Waals surface area contributed by atoms with Crippen LogP contribution in [0, 0.1) is 0 Å². The summed E-state index contributed by atoms with van der Waals surface area (Å²) in [5, 5.41) is 0. The number of para-hydroxylation sites is 1. The lowest BCUT2D eigenvalue weighted by Crippen LogP contribution is -2.30. The molecule has 5 heteroatoms. The molecule has 1 atom stereocenters. The van der Waals surface area contributed by atoms with Gasteiger partial charge in [0.25, 0.3) is 5.91 Å². The molecule has 0 aliphatic rings. The number of thioether (sulfide) groups is 1. The molecule has 0 heterocycles. The number of hydrogen-bond donors (Lipinski definition) is 2. The molecule has 0 aromatic heterocycles. The van der Waals surface area contributed by atoms with Gasteiger partial charge in [0, 0.05) is 13.1 Å². The molecule has 1 unspecified atom stereocenters. The second kappa shape index (κ2) is 6.54. The Kier molecular flexibility index (Phi) is 5.34. The molecule has 4 nitrogen and oxygen atoms in total. The molecule has 1 rings (SSSR count). The average Bonchev–Trinajstić information content (AvgIpc) is 2.35. The molecule has 1 aromatic carbocycles. The summed E-state index contributed by atoms with van der Waals surface area (Å²) in [6.45, 7) is 2.15. The quantitative estimate of drug-likeness (QED) is 0.773. The fourth-order valence-electron chi connectivity index (χ4n) is 1.79. The third-order valence-electron chi connectivity index (χ3n) is 3.13. The number of amides is 1. The van der Waals surface area contributed by atoms with Crippen LogP contribution in [0.2, 0.25) is 0 Å². The summed E-state index contributed by atoms with van der Waals surface area (Å²) in [7, 11) is 1.99. The van der Waals surface area contributed by atoms with Crippen molar-refractivity contribution in [3.05, 3.63) is 23.8 Å². The van der Waals surface area contributed by atoms with E-state index in [1.165, 1.54) is 0 Å². The number of carbonyl (C=O) groups excluding carboxylic acids is 1. The van der Waals surface area contributed by atoms with Crippen molar-refractivity contribution in [3.63, 3.8) is 0 Å². The standard InChI is InChI=1S/C13H21N3OS/c1-9(7-8-18-3)16(2)11-6-4-5-10(12(11)14)13(15)17/h4-6,9H,7-8,14H2,1-3H3,(H2,15,17). The molecule has 0 saturated carbocycles. The van der Waals surface area contributed by atoms with E-state index in [9.17, 15) is 4.79 Å². The Labute approximate surface area is 113 Å². The number of benzene rings is 1. The van der Waals surface area contributed by atoms with E-state index in [4.69, 9.17) is 11.5 Å². The Hall–Kier alpha value is -1.36. The first-order chi connectivity index (χ1) is 8.49. The van der Waals surface area contributed by atoms with Crippen molar-refractivity contribution >= 4 is 29.0 Å². The third kappa shape index (κ3) is 3.32. The minimum atomic E-state index is -0.487. The van der Waals surface area contributed by atoms with Crippen molar-refractivity contribution in [2.24, 2.45) is 5.73 Å². The molecular weight excluding hydrogens is 246 g/mol. The van der Waals surface area contributed by atoms with Crippen molar-refractivity contribution in [1.82, 2.24) is 0 Å². The normalized spacial score (nSPS) is 12.2. The number of primary amides is 1. The van der Waals surface area contributed by atoms with E-state index >= 15 is 0 Å².